The topological polar surface area (TPSA) is 75.7 Å². The normalized spacial score (nSPS) is 18.5. The van der Waals surface area contributed by atoms with Crippen molar-refractivity contribution in [1.82, 2.24) is 9.62 Å². The number of hydrogen-bond donors (Lipinski definition) is 2. The number of hydrogen-bond acceptors (Lipinski definition) is 5. The van der Waals surface area contributed by atoms with E-state index in [9.17, 15) is 13.2 Å². The SMILES string of the molecule is O=C(OCc1ccccc1)N1CC(S)C(NS(=O)(=O)c2ccc(-c3ccccc3)cc2)C1. The summed E-state index contributed by atoms with van der Waals surface area (Å²) in [4.78, 5) is 14.1. The van der Waals surface area contributed by atoms with Gasteiger partial charge in [0, 0.05) is 18.3 Å². The van der Waals surface area contributed by atoms with Gasteiger partial charge < -0.3 is 9.64 Å². The Morgan fingerprint density at radius 2 is 1.50 bits per heavy atom. The second-order valence-electron chi connectivity index (χ2n) is 7.63. The average Bonchev–Trinajstić information content (AvgIpc) is 3.18. The van der Waals surface area contributed by atoms with Gasteiger partial charge in [-0.15, -0.1) is 0 Å². The highest BCUT2D eigenvalue weighted by molar-refractivity contribution is 7.89. The van der Waals surface area contributed by atoms with E-state index in [2.05, 4.69) is 17.4 Å². The van der Waals surface area contributed by atoms with Gasteiger partial charge in [-0.2, -0.15) is 12.6 Å². The van der Waals surface area contributed by atoms with Gasteiger partial charge in [0.1, 0.15) is 6.61 Å². The molecule has 1 heterocycles. The minimum atomic E-state index is -3.76. The molecule has 0 saturated carbocycles. The molecule has 1 amide bonds. The first-order valence-electron chi connectivity index (χ1n) is 10.2. The van der Waals surface area contributed by atoms with Gasteiger partial charge in [0.2, 0.25) is 10.0 Å². The van der Waals surface area contributed by atoms with Crippen LogP contribution in [0.1, 0.15) is 5.56 Å². The van der Waals surface area contributed by atoms with E-state index >= 15 is 0 Å². The molecule has 8 heteroatoms. The van der Waals surface area contributed by atoms with Gasteiger partial charge in [-0.25, -0.2) is 17.9 Å². The lowest BCUT2D eigenvalue weighted by Crippen LogP contribution is -2.41. The van der Waals surface area contributed by atoms with Gasteiger partial charge in [0.25, 0.3) is 0 Å². The molecule has 4 rings (SSSR count). The summed E-state index contributed by atoms with van der Waals surface area (Å²) < 4.78 is 33.8. The van der Waals surface area contributed by atoms with E-state index in [1.54, 1.807) is 24.3 Å². The minimum Gasteiger partial charge on any atom is -0.445 e. The van der Waals surface area contributed by atoms with Crippen LogP contribution in [0.2, 0.25) is 0 Å². The van der Waals surface area contributed by atoms with Gasteiger partial charge in [-0.3, -0.25) is 0 Å². The Balaban J connectivity index is 1.37. The molecule has 1 aliphatic heterocycles. The van der Waals surface area contributed by atoms with Crippen LogP contribution in [-0.2, 0) is 21.4 Å². The molecular weight excluding hydrogens is 444 g/mol. The van der Waals surface area contributed by atoms with Crippen LogP contribution in [0.4, 0.5) is 4.79 Å². The lowest BCUT2D eigenvalue weighted by atomic mass is 10.1. The van der Waals surface area contributed by atoms with E-state index in [1.165, 1.54) is 4.90 Å². The molecule has 1 aliphatic rings. The van der Waals surface area contributed by atoms with Gasteiger partial charge in [0.05, 0.1) is 10.9 Å². The van der Waals surface area contributed by atoms with E-state index in [4.69, 9.17) is 4.74 Å². The summed E-state index contributed by atoms with van der Waals surface area (Å²) in [6.45, 7) is 0.664. The fourth-order valence-electron chi connectivity index (χ4n) is 3.59. The van der Waals surface area contributed by atoms with Crippen LogP contribution in [0.5, 0.6) is 0 Å². The Bertz CT molecular complexity index is 1150. The van der Waals surface area contributed by atoms with Crippen molar-refractivity contribution in [3.05, 3.63) is 90.5 Å². The number of carbonyl (C=O) groups is 1. The summed E-state index contributed by atoms with van der Waals surface area (Å²) in [5.41, 5.74) is 2.84. The van der Waals surface area contributed by atoms with Crippen molar-refractivity contribution in [2.75, 3.05) is 13.1 Å². The molecule has 2 unspecified atom stereocenters. The molecule has 0 aromatic heterocycles. The Labute approximate surface area is 193 Å². The molecule has 0 spiro atoms. The minimum absolute atomic E-state index is 0.164. The molecule has 0 bridgehead atoms. The maximum atomic E-state index is 12.9. The molecule has 32 heavy (non-hydrogen) atoms. The standard InChI is InChI=1S/C24H24N2O4S2/c27-24(30-17-18-7-3-1-4-8-18)26-15-22(23(31)16-26)25-32(28,29)21-13-11-20(12-14-21)19-9-5-2-6-10-19/h1-14,22-23,25,31H,15-17H2. The Kier molecular flexibility index (Phi) is 6.83. The van der Waals surface area contributed by atoms with Crippen molar-refractivity contribution in [3.63, 3.8) is 0 Å². The number of nitrogens with one attached hydrogen (secondary N) is 1. The van der Waals surface area contributed by atoms with E-state index in [0.29, 0.717) is 6.54 Å². The number of nitrogens with zero attached hydrogens (tertiary/aromatic N) is 1. The molecule has 6 nitrogen and oxygen atoms in total. The predicted octanol–water partition coefficient (Wildman–Crippen LogP) is 3.95. The van der Waals surface area contributed by atoms with Gasteiger partial charge >= 0.3 is 6.09 Å². The molecule has 0 radical (unpaired) electrons. The largest absolute Gasteiger partial charge is 0.445 e. The number of carbonyl (C=O) groups excluding carboxylic acids is 1. The number of thiol groups is 1. The number of benzene rings is 3. The second-order valence-corrected chi connectivity index (χ2v) is 10.0. The second kappa shape index (κ2) is 9.77. The van der Waals surface area contributed by atoms with Crippen LogP contribution < -0.4 is 4.72 Å². The van der Waals surface area contributed by atoms with E-state index in [1.807, 2.05) is 60.7 Å². The highest BCUT2D eigenvalue weighted by Crippen LogP contribution is 2.23. The highest BCUT2D eigenvalue weighted by Gasteiger charge is 2.36. The van der Waals surface area contributed by atoms with Crippen molar-refractivity contribution in [3.8, 4) is 11.1 Å². The first-order valence-corrected chi connectivity index (χ1v) is 12.2. The van der Waals surface area contributed by atoms with E-state index in [-0.39, 0.29) is 23.3 Å². The predicted molar refractivity (Wildman–Crippen MR) is 127 cm³/mol. The Morgan fingerprint density at radius 3 is 2.16 bits per heavy atom. The third-order valence-corrected chi connectivity index (χ3v) is 7.36. The number of amides is 1. The fraction of sp³-hybridized carbons (Fsp3) is 0.208. The maximum Gasteiger partial charge on any atom is 0.410 e. The first-order chi connectivity index (χ1) is 15.4. The monoisotopic (exact) mass is 468 g/mol. The molecule has 3 aromatic carbocycles. The summed E-state index contributed by atoms with van der Waals surface area (Å²) >= 11 is 4.49. The number of ether oxygens (including phenoxy) is 1. The lowest BCUT2D eigenvalue weighted by molar-refractivity contribution is 0.104. The van der Waals surface area contributed by atoms with Crippen LogP contribution in [0.15, 0.2) is 89.8 Å². The summed E-state index contributed by atoms with van der Waals surface area (Å²) in [6.07, 6.45) is -0.484. The van der Waals surface area contributed by atoms with Crippen LogP contribution in [0.25, 0.3) is 11.1 Å². The van der Waals surface area contributed by atoms with Gasteiger partial charge in [-0.1, -0.05) is 72.8 Å². The number of rotatable bonds is 6. The molecule has 2 atom stereocenters. The van der Waals surface area contributed by atoms with Crippen molar-refractivity contribution < 1.29 is 17.9 Å². The summed E-state index contributed by atoms with van der Waals surface area (Å²) in [6, 6.07) is 25.3. The number of sulfonamides is 1. The molecular formula is C24H24N2O4S2. The van der Waals surface area contributed by atoms with Crippen molar-refractivity contribution >= 4 is 28.7 Å². The van der Waals surface area contributed by atoms with Crippen molar-refractivity contribution in [1.29, 1.82) is 0 Å². The van der Waals surface area contributed by atoms with Gasteiger partial charge in [0.15, 0.2) is 0 Å². The lowest BCUT2D eigenvalue weighted by Gasteiger charge is -2.17. The molecule has 166 valence electrons. The highest BCUT2D eigenvalue weighted by atomic mass is 32.2. The zero-order chi connectivity index (χ0) is 22.6. The Hall–Kier alpha value is -2.81. The third-order valence-electron chi connectivity index (χ3n) is 5.33. The molecule has 1 N–H and O–H groups in total. The zero-order valence-corrected chi connectivity index (χ0v) is 19.0. The third kappa shape index (κ3) is 5.32. The zero-order valence-electron chi connectivity index (χ0n) is 17.3. The summed E-state index contributed by atoms with van der Waals surface area (Å²) in [5.74, 6) is 0. The van der Waals surface area contributed by atoms with Crippen molar-refractivity contribution in [2.45, 2.75) is 22.8 Å². The summed E-state index contributed by atoms with van der Waals surface area (Å²) in [7, 11) is -3.76. The number of likely N-dealkylation sites (tertiary alicyclic amines) is 1. The molecule has 1 saturated heterocycles. The van der Waals surface area contributed by atoms with E-state index < -0.39 is 22.2 Å². The molecule has 0 aliphatic carbocycles. The average molecular weight is 469 g/mol. The maximum absolute atomic E-state index is 12.9. The van der Waals surface area contributed by atoms with Gasteiger partial charge in [-0.05, 0) is 28.8 Å². The first kappa shape index (κ1) is 22.4. The molecule has 3 aromatic rings. The van der Waals surface area contributed by atoms with Crippen LogP contribution in [0.3, 0.4) is 0 Å². The molecule has 1 fully saturated rings. The summed E-state index contributed by atoms with van der Waals surface area (Å²) in [5, 5.41) is -0.336. The smallest absolute Gasteiger partial charge is 0.410 e. The van der Waals surface area contributed by atoms with Crippen LogP contribution in [-0.4, -0.2) is 43.8 Å². The Morgan fingerprint density at radius 1 is 0.906 bits per heavy atom. The van der Waals surface area contributed by atoms with Crippen LogP contribution in [0, 0.1) is 0 Å². The van der Waals surface area contributed by atoms with Crippen molar-refractivity contribution in [2.24, 2.45) is 0 Å². The van der Waals surface area contributed by atoms with Crippen LogP contribution >= 0.6 is 12.6 Å². The fourth-order valence-corrected chi connectivity index (χ4v) is 5.32. The van der Waals surface area contributed by atoms with E-state index in [0.717, 1.165) is 16.7 Å². The quantitative estimate of drug-likeness (QED) is 0.537.